The fourth-order valence-corrected chi connectivity index (χ4v) is 2.77. The van der Waals surface area contributed by atoms with Crippen LogP contribution in [0.1, 0.15) is 18.9 Å². The summed E-state index contributed by atoms with van der Waals surface area (Å²) in [6, 6.07) is 16.0. The van der Waals surface area contributed by atoms with Crippen LogP contribution in [0.5, 0.6) is 5.88 Å². The molecule has 23 heavy (non-hydrogen) atoms. The second-order valence-corrected chi connectivity index (χ2v) is 5.74. The van der Waals surface area contributed by atoms with E-state index in [4.69, 9.17) is 4.74 Å². The third-order valence-corrected chi connectivity index (χ3v) is 3.86. The second kappa shape index (κ2) is 7.13. The van der Waals surface area contributed by atoms with Gasteiger partial charge in [0.15, 0.2) is 0 Å². The average Bonchev–Trinajstić information content (AvgIpc) is 3.02. The summed E-state index contributed by atoms with van der Waals surface area (Å²) in [6.07, 6.45) is 0.941. The molecule has 1 aromatic heterocycles. The number of ether oxygens (including phenoxy) is 1. The SMILES string of the molecule is CC(=O)NC1CCN(c2cccc(OCc3ccccc3)n2)C1. The maximum atomic E-state index is 11.2. The molecule has 2 aromatic rings. The van der Waals surface area contributed by atoms with Gasteiger partial charge in [-0.2, -0.15) is 4.98 Å². The number of nitrogens with one attached hydrogen (secondary N) is 1. The lowest BCUT2D eigenvalue weighted by atomic mass is 10.2. The summed E-state index contributed by atoms with van der Waals surface area (Å²) in [5, 5.41) is 2.96. The molecule has 2 heterocycles. The van der Waals surface area contributed by atoms with Crippen molar-refractivity contribution in [1.82, 2.24) is 10.3 Å². The summed E-state index contributed by atoms with van der Waals surface area (Å²) in [6.45, 7) is 3.74. The molecule has 0 radical (unpaired) electrons. The number of hydrogen-bond acceptors (Lipinski definition) is 4. The van der Waals surface area contributed by atoms with E-state index in [-0.39, 0.29) is 11.9 Å². The maximum Gasteiger partial charge on any atom is 0.217 e. The summed E-state index contributed by atoms with van der Waals surface area (Å²) in [5.74, 6) is 1.53. The van der Waals surface area contributed by atoms with Crippen molar-refractivity contribution in [2.24, 2.45) is 0 Å². The van der Waals surface area contributed by atoms with Crippen molar-refractivity contribution in [3.05, 3.63) is 54.1 Å². The van der Waals surface area contributed by atoms with Crippen LogP contribution in [0, 0.1) is 0 Å². The quantitative estimate of drug-likeness (QED) is 0.921. The summed E-state index contributed by atoms with van der Waals surface area (Å²) in [5.41, 5.74) is 1.12. The highest BCUT2D eigenvalue weighted by molar-refractivity contribution is 5.73. The summed E-state index contributed by atoms with van der Waals surface area (Å²) >= 11 is 0. The summed E-state index contributed by atoms with van der Waals surface area (Å²) in [4.78, 5) is 17.9. The molecule has 0 spiro atoms. The first-order valence-corrected chi connectivity index (χ1v) is 7.86. The number of pyridine rings is 1. The van der Waals surface area contributed by atoms with Crippen molar-refractivity contribution >= 4 is 11.7 Å². The maximum absolute atomic E-state index is 11.2. The van der Waals surface area contributed by atoms with E-state index in [1.807, 2.05) is 48.5 Å². The minimum absolute atomic E-state index is 0.0183. The van der Waals surface area contributed by atoms with E-state index in [0.29, 0.717) is 12.5 Å². The van der Waals surface area contributed by atoms with Gasteiger partial charge in [0.25, 0.3) is 0 Å². The number of carbonyl (C=O) groups excluding carboxylic acids is 1. The Hall–Kier alpha value is -2.56. The van der Waals surface area contributed by atoms with E-state index in [1.54, 1.807) is 6.92 Å². The van der Waals surface area contributed by atoms with Gasteiger partial charge >= 0.3 is 0 Å². The second-order valence-electron chi connectivity index (χ2n) is 5.74. The highest BCUT2D eigenvalue weighted by atomic mass is 16.5. The normalized spacial score (nSPS) is 17.1. The van der Waals surface area contributed by atoms with Crippen molar-refractivity contribution < 1.29 is 9.53 Å². The summed E-state index contributed by atoms with van der Waals surface area (Å²) in [7, 11) is 0. The van der Waals surface area contributed by atoms with E-state index < -0.39 is 0 Å². The van der Waals surface area contributed by atoms with Crippen molar-refractivity contribution in [3.8, 4) is 5.88 Å². The van der Waals surface area contributed by atoms with Crippen molar-refractivity contribution in [2.45, 2.75) is 26.0 Å². The zero-order valence-corrected chi connectivity index (χ0v) is 13.2. The third kappa shape index (κ3) is 4.22. The van der Waals surface area contributed by atoms with Gasteiger partial charge in [-0.25, -0.2) is 0 Å². The van der Waals surface area contributed by atoms with Crippen molar-refractivity contribution in [1.29, 1.82) is 0 Å². The lowest BCUT2D eigenvalue weighted by molar-refractivity contribution is -0.119. The smallest absolute Gasteiger partial charge is 0.217 e. The number of anilines is 1. The van der Waals surface area contributed by atoms with Crippen molar-refractivity contribution in [2.75, 3.05) is 18.0 Å². The predicted molar refractivity (Wildman–Crippen MR) is 89.4 cm³/mol. The van der Waals surface area contributed by atoms with Crippen LogP contribution in [0.3, 0.4) is 0 Å². The fraction of sp³-hybridized carbons (Fsp3) is 0.333. The average molecular weight is 311 g/mol. The Kier molecular flexibility index (Phi) is 4.76. The Morgan fingerprint density at radius 3 is 2.87 bits per heavy atom. The molecule has 0 aliphatic carbocycles. The third-order valence-electron chi connectivity index (χ3n) is 3.86. The molecule has 1 unspecified atom stereocenters. The van der Waals surface area contributed by atoms with Gasteiger partial charge < -0.3 is 15.0 Å². The summed E-state index contributed by atoms with van der Waals surface area (Å²) < 4.78 is 5.78. The van der Waals surface area contributed by atoms with Gasteiger partial charge in [0.05, 0.1) is 0 Å². The van der Waals surface area contributed by atoms with Crippen LogP contribution in [0.25, 0.3) is 0 Å². The van der Waals surface area contributed by atoms with Gasteiger partial charge in [-0.1, -0.05) is 36.4 Å². The van der Waals surface area contributed by atoms with Gasteiger partial charge in [0.1, 0.15) is 12.4 Å². The molecule has 5 heteroatoms. The van der Waals surface area contributed by atoms with E-state index in [1.165, 1.54) is 0 Å². The standard InChI is InChI=1S/C18H21N3O2/c1-14(22)19-16-10-11-21(12-16)17-8-5-9-18(20-17)23-13-15-6-3-2-4-7-15/h2-9,16H,10-13H2,1H3,(H,19,22). The molecule has 1 aromatic carbocycles. The molecule has 1 amide bonds. The lowest BCUT2D eigenvalue weighted by Crippen LogP contribution is -2.35. The Labute approximate surface area is 136 Å². The van der Waals surface area contributed by atoms with E-state index in [9.17, 15) is 4.79 Å². The predicted octanol–water partition coefficient (Wildman–Crippen LogP) is 2.38. The zero-order valence-electron chi connectivity index (χ0n) is 13.2. The molecular weight excluding hydrogens is 290 g/mol. The van der Waals surface area contributed by atoms with Gasteiger partial charge in [-0.3, -0.25) is 4.79 Å². The molecule has 1 aliphatic heterocycles. The Morgan fingerprint density at radius 2 is 2.09 bits per heavy atom. The molecule has 1 fully saturated rings. The Morgan fingerprint density at radius 1 is 1.26 bits per heavy atom. The highest BCUT2D eigenvalue weighted by Crippen LogP contribution is 2.21. The van der Waals surface area contributed by atoms with Crippen LogP contribution in [0.15, 0.2) is 48.5 Å². The molecule has 0 saturated carbocycles. The lowest BCUT2D eigenvalue weighted by Gasteiger charge is -2.18. The number of amides is 1. The number of hydrogen-bond donors (Lipinski definition) is 1. The van der Waals surface area contributed by atoms with E-state index in [0.717, 1.165) is 30.9 Å². The first kappa shape index (κ1) is 15.3. The van der Waals surface area contributed by atoms with Crippen LogP contribution in [0.4, 0.5) is 5.82 Å². The van der Waals surface area contributed by atoms with Gasteiger partial charge in [-0.05, 0) is 18.1 Å². The van der Waals surface area contributed by atoms with E-state index in [2.05, 4.69) is 15.2 Å². The zero-order chi connectivity index (χ0) is 16.1. The number of carbonyl (C=O) groups is 1. The molecule has 1 saturated heterocycles. The van der Waals surface area contributed by atoms with Gasteiger partial charge in [0.2, 0.25) is 11.8 Å². The van der Waals surface area contributed by atoms with Crippen LogP contribution in [0.2, 0.25) is 0 Å². The number of benzene rings is 1. The first-order chi connectivity index (χ1) is 11.2. The molecule has 0 bridgehead atoms. The molecule has 1 aliphatic rings. The molecule has 1 atom stereocenters. The van der Waals surface area contributed by atoms with Gasteiger partial charge in [-0.15, -0.1) is 0 Å². The minimum atomic E-state index is 0.0183. The Balaban J connectivity index is 1.60. The van der Waals surface area contributed by atoms with Crippen LogP contribution >= 0.6 is 0 Å². The topological polar surface area (TPSA) is 54.5 Å². The largest absolute Gasteiger partial charge is 0.473 e. The van der Waals surface area contributed by atoms with E-state index >= 15 is 0 Å². The number of rotatable bonds is 5. The Bertz CT molecular complexity index is 660. The fourth-order valence-electron chi connectivity index (χ4n) is 2.77. The minimum Gasteiger partial charge on any atom is -0.473 e. The number of nitrogens with zero attached hydrogens (tertiary/aromatic N) is 2. The molecule has 5 nitrogen and oxygen atoms in total. The first-order valence-electron chi connectivity index (χ1n) is 7.86. The molecule has 1 N–H and O–H groups in total. The van der Waals surface area contributed by atoms with Gasteiger partial charge in [0, 0.05) is 32.1 Å². The molecular formula is C18H21N3O2. The van der Waals surface area contributed by atoms with Crippen LogP contribution in [-0.4, -0.2) is 30.0 Å². The number of aromatic nitrogens is 1. The van der Waals surface area contributed by atoms with Crippen LogP contribution in [-0.2, 0) is 11.4 Å². The highest BCUT2D eigenvalue weighted by Gasteiger charge is 2.24. The van der Waals surface area contributed by atoms with Crippen molar-refractivity contribution in [3.63, 3.8) is 0 Å². The monoisotopic (exact) mass is 311 g/mol. The molecule has 120 valence electrons. The van der Waals surface area contributed by atoms with Crippen LogP contribution < -0.4 is 15.0 Å². The molecule has 3 rings (SSSR count).